The van der Waals surface area contributed by atoms with Gasteiger partial charge in [0.2, 0.25) is 0 Å². The molecule has 0 amide bonds. The maximum Gasteiger partial charge on any atom is 0.337 e. The summed E-state index contributed by atoms with van der Waals surface area (Å²) in [6, 6.07) is 4.85. The molecule has 4 N–H and O–H groups in total. The van der Waals surface area contributed by atoms with Crippen molar-refractivity contribution in [1.29, 1.82) is 0 Å². The van der Waals surface area contributed by atoms with E-state index in [0.717, 1.165) is 0 Å². The Bertz CT molecular complexity index is 393. The molecule has 5 nitrogen and oxygen atoms in total. The van der Waals surface area contributed by atoms with E-state index in [0.29, 0.717) is 29.9 Å². The minimum Gasteiger partial charge on any atom is -0.465 e. The standard InChI is InChI=1S/C12H18N2O3/c1-3-9(15)7-14-11-6-8(12(16)17-2)4-5-10(11)13/h4-6,9,14-15H,3,7,13H2,1-2H3/t9-/m0/s1. The zero-order valence-corrected chi connectivity index (χ0v) is 10.1. The Balaban J connectivity index is 2.80. The van der Waals surface area contributed by atoms with Gasteiger partial charge in [-0.2, -0.15) is 0 Å². The van der Waals surface area contributed by atoms with Gasteiger partial charge in [-0.05, 0) is 24.6 Å². The highest BCUT2D eigenvalue weighted by molar-refractivity contribution is 5.91. The van der Waals surface area contributed by atoms with Crippen molar-refractivity contribution in [2.24, 2.45) is 0 Å². The van der Waals surface area contributed by atoms with Crippen LogP contribution in [0.5, 0.6) is 0 Å². The first kappa shape index (κ1) is 13.3. The predicted molar refractivity (Wildman–Crippen MR) is 67.0 cm³/mol. The van der Waals surface area contributed by atoms with E-state index in [1.807, 2.05) is 6.92 Å². The third-order valence-electron chi connectivity index (χ3n) is 2.47. The highest BCUT2D eigenvalue weighted by atomic mass is 16.5. The first-order chi connectivity index (χ1) is 8.08. The Kier molecular flexibility index (Phi) is 4.78. The normalized spacial score (nSPS) is 11.9. The molecule has 0 spiro atoms. The van der Waals surface area contributed by atoms with Gasteiger partial charge >= 0.3 is 5.97 Å². The smallest absolute Gasteiger partial charge is 0.337 e. The van der Waals surface area contributed by atoms with Gasteiger partial charge in [0.15, 0.2) is 0 Å². The summed E-state index contributed by atoms with van der Waals surface area (Å²) in [5, 5.41) is 12.4. The second-order valence-corrected chi connectivity index (χ2v) is 3.74. The van der Waals surface area contributed by atoms with Crippen molar-refractivity contribution in [3.05, 3.63) is 23.8 Å². The number of nitrogen functional groups attached to an aromatic ring is 1. The lowest BCUT2D eigenvalue weighted by Gasteiger charge is -2.13. The summed E-state index contributed by atoms with van der Waals surface area (Å²) in [5.74, 6) is -0.413. The molecule has 0 saturated heterocycles. The molecular weight excluding hydrogens is 220 g/mol. The fourth-order valence-electron chi connectivity index (χ4n) is 1.33. The number of hydrogen-bond donors (Lipinski definition) is 3. The molecule has 5 heteroatoms. The molecule has 0 aliphatic rings. The number of esters is 1. The third-order valence-corrected chi connectivity index (χ3v) is 2.47. The zero-order valence-electron chi connectivity index (χ0n) is 10.1. The number of carbonyl (C=O) groups is 1. The summed E-state index contributed by atoms with van der Waals surface area (Å²) >= 11 is 0. The fourth-order valence-corrected chi connectivity index (χ4v) is 1.33. The van der Waals surface area contributed by atoms with Gasteiger partial charge in [0.05, 0.1) is 30.2 Å². The maximum absolute atomic E-state index is 11.3. The number of methoxy groups -OCH3 is 1. The summed E-state index contributed by atoms with van der Waals surface area (Å²) in [6.07, 6.45) is 0.222. The summed E-state index contributed by atoms with van der Waals surface area (Å²) in [4.78, 5) is 11.3. The molecule has 1 rings (SSSR count). The summed E-state index contributed by atoms with van der Waals surface area (Å²) < 4.78 is 4.62. The first-order valence-electron chi connectivity index (χ1n) is 5.48. The minimum absolute atomic E-state index is 0.394. The Hall–Kier alpha value is -1.75. The number of ether oxygens (including phenoxy) is 1. The lowest BCUT2D eigenvalue weighted by Crippen LogP contribution is -2.19. The predicted octanol–water partition coefficient (Wildman–Crippen LogP) is 1.24. The lowest BCUT2D eigenvalue weighted by molar-refractivity contribution is 0.0601. The Morgan fingerprint density at radius 2 is 2.29 bits per heavy atom. The molecule has 1 aromatic rings. The van der Waals surface area contributed by atoms with Gasteiger partial charge in [0.1, 0.15) is 0 Å². The molecule has 1 atom stereocenters. The van der Waals surface area contributed by atoms with Crippen LogP contribution >= 0.6 is 0 Å². The van der Waals surface area contributed by atoms with Crippen LogP contribution in [0.15, 0.2) is 18.2 Å². The summed E-state index contributed by atoms with van der Waals surface area (Å²) in [5.41, 5.74) is 7.34. The van der Waals surface area contributed by atoms with E-state index in [2.05, 4.69) is 10.1 Å². The van der Waals surface area contributed by atoms with E-state index < -0.39 is 12.1 Å². The molecule has 0 aliphatic carbocycles. The molecule has 0 radical (unpaired) electrons. The van der Waals surface area contributed by atoms with Crippen molar-refractivity contribution < 1.29 is 14.6 Å². The lowest BCUT2D eigenvalue weighted by atomic mass is 10.1. The number of carbonyl (C=O) groups excluding carboxylic acids is 1. The molecule has 0 aliphatic heterocycles. The third kappa shape index (κ3) is 3.64. The largest absolute Gasteiger partial charge is 0.465 e. The Morgan fingerprint density at radius 1 is 1.59 bits per heavy atom. The van der Waals surface area contributed by atoms with Gasteiger partial charge in [-0.1, -0.05) is 6.92 Å². The Morgan fingerprint density at radius 3 is 2.88 bits per heavy atom. The van der Waals surface area contributed by atoms with Gasteiger partial charge in [-0.25, -0.2) is 4.79 Å². The molecule has 0 heterocycles. The molecule has 0 fully saturated rings. The second kappa shape index (κ2) is 6.10. The van der Waals surface area contributed by atoms with Crippen molar-refractivity contribution in [1.82, 2.24) is 0 Å². The minimum atomic E-state index is -0.434. The number of nitrogens with two attached hydrogens (primary N) is 1. The molecule has 0 aromatic heterocycles. The number of nitrogens with one attached hydrogen (secondary N) is 1. The van der Waals surface area contributed by atoms with Crippen LogP contribution in [0.1, 0.15) is 23.7 Å². The number of rotatable bonds is 5. The van der Waals surface area contributed by atoms with Crippen molar-refractivity contribution in [3.8, 4) is 0 Å². The maximum atomic E-state index is 11.3. The van der Waals surface area contributed by atoms with Crippen LogP contribution in [0.25, 0.3) is 0 Å². The number of aliphatic hydroxyl groups excluding tert-OH is 1. The molecular formula is C12H18N2O3. The van der Waals surface area contributed by atoms with Crippen LogP contribution in [0, 0.1) is 0 Å². The monoisotopic (exact) mass is 238 g/mol. The van der Waals surface area contributed by atoms with Crippen molar-refractivity contribution >= 4 is 17.3 Å². The van der Waals surface area contributed by atoms with Gasteiger partial charge in [0, 0.05) is 6.54 Å². The van der Waals surface area contributed by atoms with Gasteiger partial charge in [-0.15, -0.1) is 0 Å². The van der Waals surface area contributed by atoms with E-state index in [4.69, 9.17) is 5.73 Å². The number of benzene rings is 1. The van der Waals surface area contributed by atoms with Crippen LogP contribution < -0.4 is 11.1 Å². The average Bonchev–Trinajstić information content (AvgIpc) is 2.36. The SMILES string of the molecule is CC[C@H](O)CNc1cc(C(=O)OC)ccc1N. The highest BCUT2D eigenvalue weighted by Crippen LogP contribution is 2.20. The number of aliphatic hydroxyl groups is 1. The van der Waals surface area contributed by atoms with E-state index >= 15 is 0 Å². The van der Waals surface area contributed by atoms with E-state index in [-0.39, 0.29) is 0 Å². The molecule has 1 aromatic carbocycles. The number of anilines is 2. The topological polar surface area (TPSA) is 84.6 Å². The van der Waals surface area contributed by atoms with Crippen LogP contribution in [-0.4, -0.2) is 30.8 Å². The highest BCUT2D eigenvalue weighted by Gasteiger charge is 2.09. The van der Waals surface area contributed by atoms with Crippen LogP contribution in [0.4, 0.5) is 11.4 Å². The molecule has 94 valence electrons. The van der Waals surface area contributed by atoms with Crippen molar-refractivity contribution in [3.63, 3.8) is 0 Å². The van der Waals surface area contributed by atoms with Crippen LogP contribution in [0.3, 0.4) is 0 Å². The first-order valence-corrected chi connectivity index (χ1v) is 5.48. The van der Waals surface area contributed by atoms with Gasteiger partial charge in [0.25, 0.3) is 0 Å². The second-order valence-electron chi connectivity index (χ2n) is 3.74. The zero-order chi connectivity index (χ0) is 12.8. The van der Waals surface area contributed by atoms with Crippen LogP contribution in [0.2, 0.25) is 0 Å². The van der Waals surface area contributed by atoms with E-state index in [9.17, 15) is 9.90 Å². The fraction of sp³-hybridized carbons (Fsp3) is 0.417. The quantitative estimate of drug-likeness (QED) is 0.531. The molecule has 0 saturated carbocycles. The molecule has 17 heavy (non-hydrogen) atoms. The summed E-state index contributed by atoms with van der Waals surface area (Å²) in [7, 11) is 1.33. The van der Waals surface area contributed by atoms with E-state index in [1.54, 1.807) is 18.2 Å². The van der Waals surface area contributed by atoms with Gasteiger partial charge < -0.3 is 20.9 Å². The van der Waals surface area contributed by atoms with Crippen molar-refractivity contribution in [2.45, 2.75) is 19.4 Å². The Labute approximate surface area is 101 Å². The number of hydrogen-bond acceptors (Lipinski definition) is 5. The summed E-state index contributed by atoms with van der Waals surface area (Å²) in [6.45, 7) is 2.28. The van der Waals surface area contributed by atoms with Gasteiger partial charge in [-0.3, -0.25) is 0 Å². The van der Waals surface area contributed by atoms with E-state index in [1.165, 1.54) is 7.11 Å². The van der Waals surface area contributed by atoms with Crippen molar-refractivity contribution in [2.75, 3.05) is 24.7 Å². The molecule has 0 unspecified atom stereocenters. The average molecular weight is 238 g/mol. The van der Waals surface area contributed by atoms with Crippen LogP contribution in [-0.2, 0) is 4.74 Å². The molecule has 0 bridgehead atoms.